The van der Waals surface area contributed by atoms with Gasteiger partial charge in [-0.1, -0.05) is 55.5 Å². The van der Waals surface area contributed by atoms with Crippen LogP contribution >= 0.6 is 15.9 Å². The molecule has 1 N–H and O–H groups in total. The van der Waals surface area contributed by atoms with Gasteiger partial charge in [0, 0.05) is 16.1 Å². The summed E-state index contributed by atoms with van der Waals surface area (Å²) in [7, 11) is 1.91. The predicted molar refractivity (Wildman–Crippen MR) is 83.8 cm³/mol. The lowest BCUT2D eigenvalue weighted by atomic mass is 9.89. The van der Waals surface area contributed by atoms with Crippen LogP contribution in [0.25, 0.3) is 0 Å². The highest BCUT2D eigenvalue weighted by Gasteiger charge is 2.18. The lowest BCUT2D eigenvalue weighted by Crippen LogP contribution is -2.21. The summed E-state index contributed by atoms with van der Waals surface area (Å²) in [6.45, 7) is 4.45. The van der Waals surface area contributed by atoms with Crippen molar-refractivity contribution < 1.29 is 4.39 Å². The molecule has 1 rings (SSSR count). The fraction of sp³-hybridized carbons (Fsp3) is 0.625. The van der Waals surface area contributed by atoms with Crippen molar-refractivity contribution in [2.24, 2.45) is 5.92 Å². The van der Waals surface area contributed by atoms with Crippen molar-refractivity contribution in [3.63, 3.8) is 0 Å². The van der Waals surface area contributed by atoms with Crippen LogP contribution in [0.1, 0.15) is 57.6 Å². The number of benzene rings is 1. The van der Waals surface area contributed by atoms with Crippen LogP contribution < -0.4 is 5.32 Å². The Morgan fingerprint density at radius 3 is 2.63 bits per heavy atom. The highest BCUT2D eigenvalue weighted by molar-refractivity contribution is 9.10. The Hall–Kier alpha value is -0.410. The average Bonchev–Trinajstić information content (AvgIpc) is 2.42. The summed E-state index contributed by atoms with van der Waals surface area (Å²) in [5, 5.41) is 3.27. The lowest BCUT2D eigenvalue weighted by molar-refractivity contribution is 0.359. The zero-order chi connectivity index (χ0) is 14.3. The zero-order valence-electron chi connectivity index (χ0n) is 12.2. The summed E-state index contributed by atoms with van der Waals surface area (Å²) in [6, 6.07) is 5.28. The van der Waals surface area contributed by atoms with Crippen molar-refractivity contribution in [3.8, 4) is 0 Å². The number of nitrogens with one attached hydrogen (secondary N) is 1. The fourth-order valence-electron chi connectivity index (χ4n) is 2.50. The molecule has 0 heterocycles. The second-order valence-electron chi connectivity index (χ2n) is 5.16. The first-order valence-electron chi connectivity index (χ1n) is 7.24. The minimum atomic E-state index is -0.118. The van der Waals surface area contributed by atoms with Gasteiger partial charge in [0.15, 0.2) is 0 Å². The van der Waals surface area contributed by atoms with Crippen LogP contribution in [0.4, 0.5) is 4.39 Å². The third kappa shape index (κ3) is 5.23. The molecule has 0 fully saturated rings. The third-order valence-electron chi connectivity index (χ3n) is 3.79. The van der Waals surface area contributed by atoms with Gasteiger partial charge >= 0.3 is 0 Å². The van der Waals surface area contributed by atoms with Crippen LogP contribution in [0.2, 0.25) is 0 Å². The van der Waals surface area contributed by atoms with E-state index in [4.69, 9.17) is 0 Å². The van der Waals surface area contributed by atoms with E-state index in [2.05, 4.69) is 35.1 Å². The Morgan fingerprint density at radius 1 is 1.32 bits per heavy atom. The summed E-state index contributed by atoms with van der Waals surface area (Å²) in [6.07, 6.45) is 5.89. The molecule has 0 saturated carbocycles. The SMILES string of the molecule is CCCCC(CC)CC(NC)c1cc(Br)ccc1F. The molecule has 0 aliphatic carbocycles. The summed E-state index contributed by atoms with van der Waals surface area (Å²) in [5.74, 6) is 0.545. The van der Waals surface area contributed by atoms with Crippen molar-refractivity contribution in [1.82, 2.24) is 5.32 Å². The van der Waals surface area contributed by atoms with Gasteiger partial charge < -0.3 is 5.32 Å². The summed E-state index contributed by atoms with van der Waals surface area (Å²) >= 11 is 3.42. The Kier molecular flexibility index (Phi) is 7.62. The first-order valence-corrected chi connectivity index (χ1v) is 8.03. The molecule has 0 spiro atoms. The van der Waals surface area contributed by atoms with Crippen LogP contribution in [0.15, 0.2) is 22.7 Å². The minimum absolute atomic E-state index is 0.0966. The Morgan fingerprint density at radius 2 is 2.05 bits per heavy atom. The van der Waals surface area contributed by atoms with Crippen molar-refractivity contribution in [2.75, 3.05) is 7.05 Å². The largest absolute Gasteiger partial charge is 0.313 e. The van der Waals surface area contributed by atoms with Crippen molar-refractivity contribution >= 4 is 15.9 Å². The Bertz CT molecular complexity index is 381. The van der Waals surface area contributed by atoms with E-state index in [0.29, 0.717) is 5.92 Å². The molecule has 19 heavy (non-hydrogen) atoms. The quantitative estimate of drug-likeness (QED) is 0.668. The molecule has 2 atom stereocenters. The van der Waals surface area contributed by atoms with E-state index in [1.807, 2.05) is 13.1 Å². The van der Waals surface area contributed by atoms with E-state index in [0.717, 1.165) is 22.9 Å². The van der Waals surface area contributed by atoms with Crippen molar-refractivity contribution in [2.45, 2.75) is 52.0 Å². The molecule has 1 aromatic rings. The fourth-order valence-corrected chi connectivity index (χ4v) is 2.88. The lowest BCUT2D eigenvalue weighted by Gasteiger charge is -2.23. The van der Waals surface area contributed by atoms with Gasteiger partial charge in [-0.05, 0) is 37.6 Å². The number of hydrogen-bond donors (Lipinski definition) is 1. The number of unbranched alkanes of at least 4 members (excludes halogenated alkanes) is 1. The molecule has 0 aliphatic heterocycles. The molecule has 2 unspecified atom stereocenters. The van der Waals surface area contributed by atoms with E-state index in [1.165, 1.54) is 25.3 Å². The predicted octanol–water partition coefficient (Wildman–Crippen LogP) is 5.46. The third-order valence-corrected chi connectivity index (χ3v) is 4.29. The van der Waals surface area contributed by atoms with E-state index >= 15 is 0 Å². The van der Waals surface area contributed by atoms with Crippen molar-refractivity contribution in [3.05, 3.63) is 34.1 Å². The maximum absolute atomic E-state index is 14.0. The molecule has 1 nitrogen and oxygen atoms in total. The maximum atomic E-state index is 14.0. The highest BCUT2D eigenvalue weighted by Crippen LogP contribution is 2.29. The summed E-state index contributed by atoms with van der Waals surface area (Å²) in [4.78, 5) is 0. The van der Waals surface area contributed by atoms with Gasteiger partial charge in [-0.25, -0.2) is 4.39 Å². The summed E-state index contributed by atoms with van der Waals surface area (Å²) in [5.41, 5.74) is 0.770. The standard InChI is InChI=1S/C16H25BrFN/c1-4-6-7-12(5-2)10-16(19-3)14-11-13(17)8-9-15(14)18/h8-9,11-12,16,19H,4-7,10H2,1-3H3. The molecular weight excluding hydrogens is 305 g/mol. The molecule has 3 heteroatoms. The minimum Gasteiger partial charge on any atom is -0.313 e. The topological polar surface area (TPSA) is 12.0 Å². The molecule has 0 bridgehead atoms. The van der Waals surface area contributed by atoms with Gasteiger partial charge in [-0.3, -0.25) is 0 Å². The smallest absolute Gasteiger partial charge is 0.128 e. The molecule has 0 radical (unpaired) electrons. The first kappa shape index (κ1) is 16.6. The van der Waals surface area contributed by atoms with Crippen LogP contribution in [0.3, 0.4) is 0 Å². The first-order chi connectivity index (χ1) is 9.12. The van der Waals surface area contributed by atoms with Gasteiger partial charge in [0.1, 0.15) is 5.82 Å². The number of halogens is 2. The molecule has 0 aliphatic rings. The van der Waals surface area contributed by atoms with Gasteiger partial charge in [0.25, 0.3) is 0 Å². The van der Waals surface area contributed by atoms with E-state index in [9.17, 15) is 4.39 Å². The molecule has 0 saturated heterocycles. The second kappa shape index (κ2) is 8.70. The Labute approximate surface area is 125 Å². The van der Waals surface area contributed by atoms with Gasteiger partial charge in [0.2, 0.25) is 0 Å². The number of hydrogen-bond acceptors (Lipinski definition) is 1. The molecular formula is C16H25BrFN. The second-order valence-corrected chi connectivity index (χ2v) is 6.07. The zero-order valence-corrected chi connectivity index (χ0v) is 13.8. The molecule has 108 valence electrons. The molecule has 0 amide bonds. The van der Waals surface area contributed by atoms with Crippen LogP contribution in [-0.4, -0.2) is 7.05 Å². The average molecular weight is 330 g/mol. The van der Waals surface area contributed by atoms with E-state index in [-0.39, 0.29) is 11.9 Å². The maximum Gasteiger partial charge on any atom is 0.128 e. The van der Waals surface area contributed by atoms with Crippen LogP contribution in [0.5, 0.6) is 0 Å². The van der Waals surface area contributed by atoms with Crippen molar-refractivity contribution in [1.29, 1.82) is 0 Å². The monoisotopic (exact) mass is 329 g/mol. The van der Waals surface area contributed by atoms with Gasteiger partial charge in [0.05, 0.1) is 0 Å². The normalized spacial score (nSPS) is 14.4. The molecule has 0 aromatic heterocycles. The summed E-state index contributed by atoms with van der Waals surface area (Å²) < 4.78 is 14.9. The van der Waals surface area contributed by atoms with Gasteiger partial charge in [-0.15, -0.1) is 0 Å². The van der Waals surface area contributed by atoms with E-state index < -0.39 is 0 Å². The molecule has 1 aromatic carbocycles. The Balaban J connectivity index is 2.78. The highest BCUT2D eigenvalue weighted by atomic mass is 79.9. The number of rotatable bonds is 8. The van der Waals surface area contributed by atoms with E-state index in [1.54, 1.807) is 6.07 Å². The van der Waals surface area contributed by atoms with Crippen LogP contribution in [-0.2, 0) is 0 Å². The van der Waals surface area contributed by atoms with Crippen LogP contribution in [0, 0.1) is 11.7 Å². The van der Waals surface area contributed by atoms with Gasteiger partial charge in [-0.2, -0.15) is 0 Å².